The van der Waals surface area contributed by atoms with Crippen LogP contribution in [-0.2, 0) is 6.61 Å². The highest BCUT2D eigenvalue weighted by Gasteiger charge is 2.16. The second-order valence-electron chi connectivity index (χ2n) is 3.91. The molecule has 88 valence electrons. The molecular formula is C11H18N4O. The molecule has 1 aliphatic heterocycles. The van der Waals surface area contributed by atoms with Crippen LogP contribution in [0.3, 0.4) is 0 Å². The van der Waals surface area contributed by atoms with Crippen LogP contribution >= 0.6 is 0 Å². The van der Waals surface area contributed by atoms with Crippen LogP contribution in [0, 0.1) is 0 Å². The van der Waals surface area contributed by atoms with Gasteiger partial charge in [0.05, 0.1) is 0 Å². The van der Waals surface area contributed by atoms with E-state index in [9.17, 15) is 0 Å². The van der Waals surface area contributed by atoms with E-state index in [1.54, 1.807) is 6.20 Å². The number of aliphatic hydroxyl groups is 1. The Morgan fingerprint density at radius 2 is 2.06 bits per heavy atom. The molecule has 1 fully saturated rings. The average molecular weight is 222 g/mol. The van der Waals surface area contributed by atoms with E-state index in [-0.39, 0.29) is 6.61 Å². The Morgan fingerprint density at radius 1 is 1.31 bits per heavy atom. The van der Waals surface area contributed by atoms with Gasteiger partial charge in [-0.1, -0.05) is 6.92 Å². The van der Waals surface area contributed by atoms with Crippen LogP contribution in [0.1, 0.15) is 12.7 Å². The molecule has 0 unspecified atom stereocenters. The standard InChI is InChI=1S/C11H18N4O/c1-2-14-5-7-15(8-6-14)11-3-4-12-10(9-16)13-11/h3-4,16H,2,5-9H2,1H3. The van der Waals surface area contributed by atoms with Crippen molar-refractivity contribution in [3.63, 3.8) is 0 Å². The topological polar surface area (TPSA) is 52.5 Å². The van der Waals surface area contributed by atoms with Crippen molar-refractivity contribution in [2.45, 2.75) is 13.5 Å². The van der Waals surface area contributed by atoms with E-state index in [1.165, 1.54) is 0 Å². The number of hydrogen-bond donors (Lipinski definition) is 1. The van der Waals surface area contributed by atoms with Crippen LogP contribution in [0.25, 0.3) is 0 Å². The lowest BCUT2D eigenvalue weighted by Crippen LogP contribution is -2.46. The molecule has 1 N–H and O–H groups in total. The number of aliphatic hydroxyl groups excluding tert-OH is 1. The molecule has 0 bridgehead atoms. The Balaban J connectivity index is 2.02. The molecular weight excluding hydrogens is 204 g/mol. The largest absolute Gasteiger partial charge is 0.388 e. The van der Waals surface area contributed by atoms with E-state index >= 15 is 0 Å². The molecule has 16 heavy (non-hydrogen) atoms. The molecule has 1 saturated heterocycles. The van der Waals surface area contributed by atoms with Crippen LogP contribution in [0.15, 0.2) is 12.3 Å². The Bertz CT molecular complexity index is 337. The van der Waals surface area contributed by atoms with Gasteiger partial charge < -0.3 is 14.9 Å². The van der Waals surface area contributed by atoms with Gasteiger partial charge in [0, 0.05) is 32.4 Å². The molecule has 0 atom stereocenters. The summed E-state index contributed by atoms with van der Waals surface area (Å²) in [4.78, 5) is 13.0. The Morgan fingerprint density at radius 3 is 2.69 bits per heavy atom. The predicted molar refractivity (Wildman–Crippen MR) is 62.3 cm³/mol. The van der Waals surface area contributed by atoms with E-state index in [1.807, 2.05) is 6.07 Å². The monoisotopic (exact) mass is 222 g/mol. The minimum Gasteiger partial charge on any atom is -0.388 e. The molecule has 0 aromatic carbocycles. The van der Waals surface area contributed by atoms with Crippen LogP contribution in [-0.4, -0.2) is 52.7 Å². The first kappa shape index (κ1) is 11.3. The van der Waals surface area contributed by atoms with E-state index in [0.717, 1.165) is 38.5 Å². The van der Waals surface area contributed by atoms with Gasteiger partial charge in [0.15, 0.2) is 5.82 Å². The number of rotatable bonds is 3. The summed E-state index contributed by atoms with van der Waals surface area (Å²) in [5.74, 6) is 1.42. The maximum atomic E-state index is 8.99. The SMILES string of the molecule is CCN1CCN(c2ccnc(CO)n2)CC1. The molecule has 1 aromatic rings. The third-order valence-electron chi connectivity index (χ3n) is 2.98. The number of anilines is 1. The van der Waals surface area contributed by atoms with Crippen molar-refractivity contribution in [1.82, 2.24) is 14.9 Å². The summed E-state index contributed by atoms with van der Waals surface area (Å²) in [5.41, 5.74) is 0. The van der Waals surface area contributed by atoms with Crippen LogP contribution in [0.4, 0.5) is 5.82 Å². The average Bonchev–Trinajstić information content (AvgIpc) is 2.39. The molecule has 0 spiro atoms. The smallest absolute Gasteiger partial charge is 0.156 e. The number of piperazine rings is 1. The summed E-state index contributed by atoms with van der Waals surface area (Å²) in [6.07, 6.45) is 1.71. The van der Waals surface area contributed by atoms with Crippen molar-refractivity contribution >= 4 is 5.82 Å². The second-order valence-corrected chi connectivity index (χ2v) is 3.91. The van der Waals surface area contributed by atoms with Crippen molar-refractivity contribution in [3.8, 4) is 0 Å². The Kier molecular flexibility index (Phi) is 3.69. The molecule has 2 heterocycles. The number of aromatic nitrogens is 2. The second kappa shape index (κ2) is 5.23. The first-order valence-electron chi connectivity index (χ1n) is 5.73. The van der Waals surface area contributed by atoms with Crippen LogP contribution in [0.2, 0.25) is 0 Å². The van der Waals surface area contributed by atoms with Gasteiger partial charge in [-0.2, -0.15) is 0 Å². The number of likely N-dealkylation sites (N-methyl/N-ethyl adjacent to an activating group) is 1. The van der Waals surface area contributed by atoms with E-state index in [0.29, 0.717) is 5.82 Å². The van der Waals surface area contributed by atoms with Crippen molar-refractivity contribution in [2.24, 2.45) is 0 Å². The normalized spacial score (nSPS) is 17.8. The quantitative estimate of drug-likeness (QED) is 0.786. The van der Waals surface area contributed by atoms with Gasteiger partial charge in [0.2, 0.25) is 0 Å². The van der Waals surface area contributed by atoms with Gasteiger partial charge in [0.25, 0.3) is 0 Å². The fraction of sp³-hybridized carbons (Fsp3) is 0.636. The molecule has 2 rings (SSSR count). The van der Waals surface area contributed by atoms with Gasteiger partial charge in [-0.05, 0) is 12.6 Å². The molecule has 0 amide bonds. The minimum absolute atomic E-state index is 0.0945. The van der Waals surface area contributed by atoms with Crippen LogP contribution < -0.4 is 4.90 Å². The summed E-state index contributed by atoms with van der Waals surface area (Å²) in [5, 5.41) is 8.99. The van der Waals surface area contributed by atoms with Gasteiger partial charge in [-0.15, -0.1) is 0 Å². The summed E-state index contributed by atoms with van der Waals surface area (Å²) >= 11 is 0. The van der Waals surface area contributed by atoms with Gasteiger partial charge in [-0.3, -0.25) is 0 Å². The van der Waals surface area contributed by atoms with Crippen molar-refractivity contribution < 1.29 is 5.11 Å². The molecule has 1 aliphatic rings. The van der Waals surface area contributed by atoms with Crippen LogP contribution in [0.5, 0.6) is 0 Å². The highest BCUT2D eigenvalue weighted by molar-refractivity contribution is 5.37. The molecule has 5 nitrogen and oxygen atoms in total. The third kappa shape index (κ3) is 2.48. The summed E-state index contributed by atoms with van der Waals surface area (Å²) in [6.45, 7) is 7.35. The minimum atomic E-state index is -0.0945. The molecule has 5 heteroatoms. The third-order valence-corrected chi connectivity index (χ3v) is 2.98. The Hall–Kier alpha value is -1.20. The van der Waals surface area contributed by atoms with Crippen molar-refractivity contribution in [2.75, 3.05) is 37.6 Å². The lowest BCUT2D eigenvalue weighted by atomic mass is 10.3. The van der Waals surface area contributed by atoms with Crippen molar-refractivity contribution in [1.29, 1.82) is 0 Å². The molecule has 1 aromatic heterocycles. The lowest BCUT2D eigenvalue weighted by molar-refractivity contribution is 0.266. The van der Waals surface area contributed by atoms with Gasteiger partial charge >= 0.3 is 0 Å². The first-order valence-corrected chi connectivity index (χ1v) is 5.73. The highest BCUT2D eigenvalue weighted by atomic mass is 16.3. The predicted octanol–water partition coefficient (Wildman–Crippen LogP) is 0.111. The van der Waals surface area contributed by atoms with Gasteiger partial charge in [0.1, 0.15) is 12.4 Å². The van der Waals surface area contributed by atoms with E-state index < -0.39 is 0 Å². The van der Waals surface area contributed by atoms with Gasteiger partial charge in [-0.25, -0.2) is 9.97 Å². The maximum absolute atomic E-state index is 8.99. The maximum Gasteiger partial charge on any atom is 0.156 e. The molecule has 0 aliphatic carbocycles. The molecule has 0 radical (unpaired) electrons. The fourth-order valence-electron chi connectivity index (χ4n) is 1.93. The summed E-state index contributed by atoms with van der Waals surface area (Å²) in [6, 6.07) is 1.90. The Labute approximate surface area is 95.7 Å². The molecule has 0 saturated carbocycles. The zero-order chi connectivity index (χ0) is 11.4. The van der Waals surface area contributed by atoms with E-state index in [2.05, 4.69) is 26.7 Å². The zero-order valence-electron chi connectivity index (χ0n) is 9.63. The van der Waals surface area contributed by atoms with Crippen molar-refractivity contribution in [3.05, 3.63) is 18.1 Å². The zero-order valence-corrected chi connectivity index (χ0v) is 9.63. The number of hydrogen-bond acceptors (Lipinski definition) is 5. The lowest BCUT2D eigenvalue weighted by Gasteiger charge is -2.34. The van der Waals surface area contributed by atoms with E-state index in [4.69, 9.17) is 5.11 Å². The highest BCUT2D eigenvalue weighted by Crippen LogP contribution is 2.12. The first-order chi connectivity index (χ1) is 7.83. The summed E-state index contributed by atoms with van der Waals surface area (Å²) in [7, 11) is 0. The summed E-state index contributed by atoms with van der Waals surface area (Å²) < 4.78 is 0. The number of nitrogens with zero attached hydrogens (tertiary/aromatic N) is 4. The fourth-order valence-corrected chi connectivity index (χ4v) is 1.93.